The molecule has 7 heteroatoms. The Labute approximate surface area is 171 Å². The van der Waals surface area contributed by atoms with Gasteiger partial charge in [-0.05, 0) is 31.4 Å². The summed E-state index contributed by atoms with van der Waals surface area (Å²) in [5.74, 6) is 0. The van der Waals surface area contributed by atoms with Crippen LogP contribution in [0.3, 0.4) is 0 Å². The maximum atomic E-state index is 4.47. The maximum Gasteiger partial charge on any atom is 0.200 e. The van der Waals surface area contributed by atoms with Crippen molar-refractivity contribution in [1.29, 1.82) is 0 Å². The standard InChI is InChI=1S/C22H29N7/c1-18-15-21(22-24-23-17-29(22)25-18)28-9-7-20(8-10-28)27-13-11-26(12-14-27)16-19-5-3-2-4-6-19/h2-6,15,17,20H,7-14,16H2,1H3. The lowest BCUT2D eigenvalue weighted by atomic mass is 10.0. The van der Waals surface area contributed by atoms with Crippen LogP contribution in [0.2, 0.25) is 0 Å². The van der Waals surface area contributed by atoms with Crippen LogP contribution in [0.25, 0.3) is 5.65 Å². The van der Waals surface area contributed by atoms with E-state index in [4.69, 9.17) is 0 Å². The number of benzene rings is 1. The van der Waals surface area contributed by atoms with Gasteiger partial charge in [-0.25, -0.2) is 0 Å². The molecule has 7 nitrogen and oxygen atoms in total. The third kappa shape index (κ3) is 3.97. The highest BCUT2D eigenvalue weighted by Crippen LogP contribution is 2.26. The first-order valence-corrected chi connectivity index (χ1v) is 10.7. The average Bonchev–Trinajstić information content (AvgIpc) is 3.23. The van der Waals surface area contributed by atoms with Crippen LogP contribution in [0.4, 0.5) is 5.69 Å². The van der Waals surface area contributed by atoms with Crippen molar-refractivity contribution in [2.45, 2.75) is 32.4 Å². The minimum absolute atomic E-state index is 0.696. The molecule has 0 spiro atoms. The Balaban J connectivity index is 1.16. The lowest BCUT2D eigenvalue weighted by molar-refractivity contribution is 0.0812. The summed E-state index contributed by atoms with van der Waals surface area (Å²) in [5, 5.41) is 12.8. The molecule has 1 aromatic carbocycles. The largest absolute Gasteiger partial charge is 0.368 e. The van der Waals surface area contributed by atoms with Gasteiger partial charge in [0, 0.05) is 51.9 Å². The summed E-state index contributed by atoms with van der Waals surface area (Å²) in [5.41, 5.74) is 4.45. The Morgan fingerprint density at radius 3 is 2.48 bits per heavy atom. The van der Waals surface area contributed by atoms with E-state index in [-0.39, 0.29) is 0 Å². The zero-order valence-electron chi connectivity index (χ0n) is 17.1. The fourth-order valence-electron chi connectivity index (χ4n) is 4.77. The second-order valence-corrected chi connectivity index (χ2v) is 8.29. The highest BCUT2D eigenvalue weighted by atomic mass is 15.4. The monoisotopic (exact) mass is 391 g/mol. The molecular formula is C22H29N7. The van der Waals surface area contributed by atoms with E-state index in [1.807, 2.05) is 6.92 Å². The number of aryl methyl sites for hydroxylation is 1. The minimum Gasteiger partial charge on any atom is -0.368 e. The third-order valence-electron chi connectivity index (χ3n) is 6.35. The molecule has 2 saturated heterocycles. The van der Waals surface area contributed by atoms with Gasteiger partial charge < -0.3 is 4.90 Å². The normalized spacial score (nSPS) is 19.8. The molecule has 0 saturated carbocycles. The van der Waals surface area contributed by atoms with Crippen molar-refractivity contribution in [3.05, 3.63) is 54.0 Å². The summed E-state index contributed by atoms with van der Waals surface area (Å²) in [6.45, 7) is 9.94. The molecular weight excluding hydrogens is 362 g/mol. The van der Waals surface area contributed by atoms with Gasteiger partial charge in [0.05, 0.1) is 11.4 Å². The van der Waals surface area contributed by atoms with E-state index in [1.54, 1.807) is 10.8 Å². The van der Waals surface area contributed by atoms with Crippen LogP contribution in [0.15, 0.2) is 42.7 Å². The van der Waals surface area contributed by atoms with Gasteiger partial charge in [-0.3, -0.25) is 9.80 Å². The Kier molecular flexibility index (Phi) is 5.16. The smallest absolute Gasteiger partial charge is 0.200 e. The molecule has 0 aliphatic carbocycles. The van der Waals surface area contributed by atoms with Crippen LogP contribution < -0.4 is 4.90 Å². The Hall–Kier alpha value is -2.51. The second kappa shape index (κ2) is 8.08. The van der Waals surface area contributed by atoms with E-state index < -0.39 is 0 Å². The number of anilines is 1. The van der Waals surface area contributed by atoms with Crippen molar-refractivity contribution < 1.29 is 0 Å². The SMILES string of the molecule is Cc1cc(N2CCC(N3CCN(Cc4ccccc4)CC3)CC2)c2nncn2n1. The summed E-state index contributed by atoms with van der Waals surface area (Å²) in [6, 6.07) is 13.7. The van der Waals surface area contributed by atoms with Crippen LogP contribution >= 0.6 is 0 Å². The Bertz CT molecular complexity index is 938. The van der Waals surface area contributed by atoms with E-state index in [0.717, 1.165) is 31.0 Å². The molecule has 5 rings (SSSR count). The lowest BCUT2D eigenvalue weighted by Crippen LogP contribution is -2.53. The van der Waals surface area contributed by atoms with Crippen LogP contribution in [-0.4, -0.2) is 74.9 Å². The van der Waals surface area contributed by atoms with Crippen LogP contribution in [0.5, 0.6) is 0 Å². The van der Waals surface area contributed by atoms with Gasteiger partial charge in [0.1, 0.15) is 6.33 Å². The number of piperazine rings is 1. The van der Waals surface area contributed by atoms with Crippen LogP contribution in [-0.2, 0) is 6.54 Å². The Morgan fingerprint density at radius 1 is 0.966 bits per heavy atom. The molecule has 0 unspecified atom stereocenters. The quantitative estimate of drug-likeness (QED) is 0.680. The van der Waals surface area contributed by atoms with Gasteiger partial charge >= 0.3 is 0 Å². The van der Waals surface area contributed by atoms with Crippen LogP contribution in [0, 0.1) is 6.92 Å². The number of piperidine rings is 1. The van der Waals surface area contributed by atoms with Crippen molar-refractivity contribution in [3.8, 4) is 0 Å². The predicted molar refractivity (Wildman–Crippen MR) is 114 cm³/mol. The highest BCUT2D eigenvalue weighted by Gasteiger charge is 2.28. The molecule has 2 aliphatic heterocycles. The number of rotatable bonds is 4. The Morgan fingerprint density at radius 2 is 1.72 bits per heavy atom. The van der Waals surface area contributed by atoms with E-state index in [9.17, 15) is 0 Å². The molecule has 2 aromatic heterocycles. The van der Waals surface area contributed by atoms with Gasteiger partial charge in [-0.1, -0.05) is 30.3 Å². The number of nitrogens with zero attached hydrogens (tertiary/aromatic N) is 7. The van der Waals surface area contributed by atoms with Gasteiger partial charge in [-0.15, -0.1) is 10.2 Å². The van der Waals surface area contributed by atoms with Crippen molar-refractivity contribution in [1.82, 2.24) is 29.6 Å². The summed E-state index contributed by atoms with van der Waals surface area (Å²) in [6.07, 6.45) is 4.11. The molecule has 3 aromatic rings. The topological polar surface area (TPSA) is 52.8 Å². The number of fused-ring (bicyclic) bond motifs is 1. The molecule has 152 valence electrons. The fourth-order valence-corrected chi connectivity index (χ4v) is 4.77. The molecule has 0 bridgehead atoms. The first-order valence-electron chi connectivity index (χ1n) is 10.7. The van der Waals surface area contributed by atoms with Crippen molar-refractivity contribution >= 4 is 11.3 Å². The number of hydrogen-bond acceptors (Lipinski definition) is 6. The van der Waals surface area contributed by atoms with Crippen molar-refractivity contribution in [2.24, 2.45) is 0 Å². The highest BCUT2D eigenvalue weighted by molar-refractivity contribution is 5.68. The summed E-state index contributed by atoms with van der Waals surface area (Å²) in [4.78, 5) is 7.76. The van der Waals surface area contributed by atoms with E-state index in [1.165, 1.54) is 50.3 Å². The zero-order valence-corrected chi connectivity index (χ0v) is 17.1. The fraction of sp³-hybridized carbons (Fsp3) is 0.500. The third-order valence-corrected chi connectivity index (χ3v) is 6.35. The average molecular weight is 392 g/mol. The summed E-state index contributed by atoms with van der Waals surface area (Å²) >= 11 is 0. The predicted octanol–water partition coefficient (Wildman–Crippen LogP) is 2.22. The molecule has 0 amide bonds. The molecule has 0 radical (unpaired) electrons. The summed E-state index contributed by atoms with van der Waals surface area (Å²) < 4.78 is 1.79. The minimum atomic E-state index is 0.696. The molecule has 2 aliphatic rings. The molecule has 4 heterocycles. The number of hydrogen-bond donors (Lipinski definition) is 0. The second-order valence-electron chi connectivity index (χ2n) is 8.29. The van der Waals surface area contributed by atoms with E-state index in [2.05, 4.69) is 66.4 Å². The van der Waals surface area contributed by atoms with E-state index in [0.29, 0.717) is 6.04 Å². The van der Waals surface area contributed by atoms with Crippen molar-refractivity contribution in [3.63, 3.8) is 0 Å². The van der Waals surface area contributed by atoms with Gasteiger partial charge in [0.15, 0.2) is 0 Å². The first kappa shape index (κ1) is 18.5. The van der Waals surface area contributed by atoms with Gasteiger partial charge in [0.25, 0.3) is 0 Å². The first-order chi connectivity index (χ1) is 14.3. The summed E-state index contributed by atoms with van der Waals surface area (Å²) in [7, 11) is 0. The lowest BCUT2D eigenvalue weighted by Gasteiger charge is -2.43. The molecule has 0 atom stereocenters. The zero-order chi connectivity index (χ0) is 19.6. The van der Waals surface area contributed by atoms with Crippen molar-refractivity contribution in [2.75, 3.05) is 44.2 Å². The van der Waals surface area contributed by atoms with E-state index >= 15 is 0 Å². The maximum absolute atomic E-state index is 4.47. The molecule has 0 N–H and O–H groups in total. The molecule has 29 heavy (non-hydrogen) atoms. The number of aromatic nitrogens is 4. The molecule has 2 fully saturated rings. The van der Waals surface area contributed by atoms with Crippen LogP contribution in [0.1, 0.15) is 24.1 Å². The van der Waals surface area contributed by atoms with Gasteiger partial charge in [-0.2, -0.15) is 9.61 Å². The van der Waals surface area contributed by atoms with Gasteiger partial charge in [0.2, 0.25) is 5.65 Å².